The predicted octanol–water partition coefficient (Wildman–Crippen LogP) is 13.0. The second kappa shape index (κ2) is 17.2. The quantitative estimate of drug-likeness (QED) is 0.0972. The average Bonchev–Trinajstić information content (AvgIpc) is 3.96. The highest BCUT2D eigenvalue weighted by molar-refractivity contribution is 5.67. The van der Waals surface area contributed by atoms with Crippen LogP contribution in [0.2, 0.25) is 0 Å². The van der Waals surface area contributed by atoms with Crippen LogP contribution in [0.4, 0.5) is 17.6 Å². The fourth-order valence-electron chi connectivity index (χ4n) is 7.54. The molecule has 0 nitrogen and oxygen atoms in total. The zero-order valence-corrected chi connectivity index (χ0v) is 27.2. The van der Waals surface area contributed by atoms with Crippen LogP contribution in [-0.2, 0) is 19.3 Å². The first-order valence-corrected chi connectivity index (χ1v) is 18.5. The van der Waals surface area contributed by atoms with Crippen molar-refractivity contribution in [1.29, 1.82) is 0 Å². The maximum absolute atomic E-state index is 15.3. The molecule has 3 aliphatic rings. The number of unbranched alkanes of at least 4 members (excludes halogenated alkanes) is 12. The fraction of sp³-hybridized carbons (Fsp3) is 0.700. The Bertz CT molecular complexity index is 1180. The van der Waals surface area contributed by atoms with Crippen molar-refractivity contribution in [3.63, 3.8) is 0 Å². The highest BCUT2D eigenvalue weighted by atomic mass is 19.2. The van der Waals surface area contributed by atoms with Crippen molar-refractivity contribution >= 4 is 0 Å². The summed E-state index contributed by atoms with van der Waals surface area (Å²) >= 11 is 0. The van der Waals surface area contributed by atoms with Crippen LogP contribution in [0.15, 0.2) is 18.2 Å². The lowest BCUT2D eigenvalue weighted by atomic mass is 9.79. The first-order valence-electron chi connectivity index (χ1n) is 18.5. The van der Waals surface area contributed by atoms with Gasteiger partial charge in [0.25, 0.3) is 0 Å². The highest BCUT2D eigenvalue weighted by Gasteiger charge is 2.28. The molecular formula is C40H56F4. The third-order valence-corrected chi connectivity index (χ3v) is 10.8. The molecule has 0 saturated heterocycles. The van der Waals surface area contributed by atoms with Gasteiger partial charge in [-0.25, -0.2) is 17.6 Å². The van der Waals surface area contributed by atoms with Gasteiger partial charge in [0.15, 0.2) is 23.3 Å². The van der Waals surface area contributed by atoms with E-state index in [0.717, 1.165) is 55.9 Å². The number of fused-ring (bicyclic) bond motifs is 1. The summed E-state index contributed by atoms with van der Waals surface area (Å²) in [6.45, 7) is 0. The third-order valence-electron chi connectivity index (χ3n) is 10.8. The van der Waals surface area contributed by atoms with Crippen molar-refractivity contribution in [2.75, 3.05) is 0 Å². The van der Waals surface area contributed by atoms with Gasteiger partial charge in [-0.1, -0.05) is 141 Å². The van der Waals surface area contributed by atoms with Crippen LogP contribution in [0.5, 0.6) is 0 Å². The van der Waals surface area contributed by atoms with Crippen molar-refractivity contribution in [2.24, 2.45) is 17.8 Å². The lowest BCUT2D eigenvalue weighted by Crippen LogP contribution is -2.17. The minimum Gasteiger partial charge on any atom is -0.203 e. The number of aryl methyl sites for hydroxylation is 2. The molecule has 0 spiro atoms. The van der Waals surface area contributed by atoms with Gasteiger partial charge in [-0.2, -0.15) is 0 Å². The van der Waals surface area contributed by atoms with Crippen LogP contribution in [-0.4, -0.2) is 0 Å². The number of hydrogen-bond donors (Lipinski definition) is 0. The van der Waals surface area contributed by atoms with Crippen molar-refractivity contribution < 1.29 is 17.6 Å². The molecule has 0 amide bonds. The summed E-state index contributed by atoms with van der Waals surface area (Å²) in [7, 11) is 0. The lowest BCUT2D eigenvalue weighted by Gasteiger charge is -2.26. The largest absolute Gasteiger partial charge is 0.203 e. The molecule has 2 fully saturated rings. The molecule has 5 rings (SSSR count). The van der Waals surface area contributed by atoms with E-state index in [2.05, 4.69) is 0 Å². The molecule has 0 radical (unpaired) electrons. The molecule has 44 heavy (non-hydrogen) atoms. The molecule has 0 heterocycles. The minimum atomic E-state index is -1.06. The van der Waals surface area contributed by atoms with E-state index >= 15 is 17.6 Å². The molecule has 0 bridgehead atoms. The predicted molar refractivity (Wildman–Crippen MR) is 175 cm³/mol. The van der Waals surface area contributed by atoms with Gasteiger partial charge in [0.2, 0.25) is 0 Å². The van der Waals surface area contributed by atoms with Crippen molar-refractivity contribution in [1.82, 2.24) is 0 Å². The monoisotopic (exact) mass is 612 g/mol. The third kappa shape index (κ3) is 10.1. The van der Waals surface area contributed by atoms with Crippen LogP contribution < -0.4 is 0 Å². The van der Waals surface area contributed by atoms with E-state index in [0.29, 0.717) is 36.3 Å². The second-order valence-electron chi connectivity index (χ2n) is 14.7. The van der Waals surface area contributed by atoms with Gasteiger partial charge in [-0.05, 0) is 72.6 Å². The zero-order valence-electron chi connectivity index (χ0n) is 27.2. The van der Waals surface area contributed by atoms with Crippen LogP contribution in [0.3, 0.4) is 0 Å². The average molecular weight is 613 g/mol. The Morgan fingerprint density at radius 1 is 0.477 bits per heavy atom. The van der Waals surface area contributed by atoms with Gasteiger partial charge < -0.3 is 0 Å². The molecule has 3 aliphatic carbocycles. The van der Waals surface area contributed by atoms with Gasteiger partial charge in [0.1, 0.15) is 0 Å². The molecule has 1 unspecified atom stereocenters. The Hall–Kier alpha value is -1.84. The standard InChI is InChI=1S/C40H56F4/c41-37-32(18-14-10-6-2-4-8-12-16-30-21-22-30)25-26-34(38(37)42)36-28-33-24-23-31(27-35(33)39(43)40(36)44)17-13-9-5-1-3-7-11-15-29-19-20-29/h25-26,28-31H,1-24,27H2. The summed E-state index contributed by atoms with van der Waals surface area (Å²) in [5.41, 5.74) is 1.19. The maximum Gasteiger partial charge on any atom is 0.167 e. The first kappa shape index (κ1) is 33.5. The van der Waals surface area contributed by atoms with Gasteiger partial charge in [0, 0.05) is 11.1 Å². The molecule has 2 aromatic rings. The maximum atomic E-state index is 15.3. The number of hydrogen-bond acceptors (Lipinski definition) is 0. The molecule has 2 saturated carbocycles. The summed E-state index contributed by atoms with van der Waals surface area (Å²) in [6.07, 6.45) is 29.3. The van der Waals surface area contributed by atoms with E-state index in [9.17, 15) is 0 Å². The fourth-order valence-corrected chi connectivity index (χ4v) is 7.54. The van der Waals surface area contributed by atoms with E-state index in [1.165, 1.54) is 109 Å². The topological polar surface area (TPSA) is 0 Å². The summed E-state index contributed by atoms with van der Waals surface area (Å²) < 4.78 is 60.9. The Morgan fingerprint density at radius 3 is 1.55 bits per heavy atom. The van der Waals surface area contributed by atoms with Crippen LogP contribution in [0.1, 0.15) is 158 Å². The van der Waals surface area contributed by atoms with Crippen LogP contribution in [0.25, 0.3) is 11.1 Å². The molecule has 244 valence electrons. The SMILES string of the molecule is Fc1c(CCCCCCCCCC2CC2)ccc(-c2cc3c(c(F)c2F)CC(CCCCCCCCCC2CC2)CC3)c1F. The van der Waals surface area contributed by atoms with E-state index in [1.807, 2.05) is 0 Å². The zero-order chi connectivity index (χ0) is 30.7. The molecule has 1 atom stereocenters. The van der Waals surface area contributed by atoms with Crippen molar-refractivity contribution in [2.45, 2.75) is 161 Å². The van der Waals surface area contributed by atoms with Gasteiger partial charge in [0.05, 0.1) is 0 Å². The summed E-state index contributed by atoms with van der Waals surface area (Å²) in [5, 5.41) is 0. The minimum absolute atomic E-state index is 0.151. The Morgan fingerprint density at radius 2 is 0.977 bits per heavy atom. The lowest BCUT2D eigenvalue weighted by molar-refractivity contribution is 0.388. The van der Waals surface area contributed by atoms with Crippen molar-refractivity contribution in [3.05, 3.63) is 58.2 Å². The van der Waals surface area contributed by atoms with E-state index in [4.69, 9.17) is 0 Å². The molecular weight excluding hydrogens is 556 g/mol. The Kier molecular flexibility index (Phi) is 13.1. The summed E-state index contributed by atoms with van der Waals surface area (Å²) in [6, 6.07) is 4.58. The van der Waals surface area contributed by atoms with E-state index < -0.39 is 23.3 Å². The molecule has 0 aromatic heterocycles. The normalized spacial score (nSPS) is 18.1. The van der Waals surface area contributed by atoms with Gasteiger partial charge >= 0.3 is 0 Å². The van der Waals surface area contributed by atoms with Crippen LogP contribution >= 0.6 is 0 Å². The van der Waals surface area contributed by atoms with E-state index in [-0.39, 0.29) is 11.1 Å². The Labute approximate surface area is 264 Å². The first-order chi connectivity index (χ1) is 21.5. The number of halogens is 4. The summed E-state index contributed by atoms with van der Waals surface area (Å²) in [5.74, 6) is -1.48. The molecule has 0 aliphatic heterocycles. The van der Waals surface area contributed by atoms with Crippen LogP contribution in [0, 0.1) is 41.0 Å². The number of benzene rings is 2. The second-order valence-corrected chi connectivity index (χ2v) is 14.7. The smallest absolute Gasteiger partial charge is 0.167 e. The molecule has 0 N–H and O–H groups in total. The van der Waals surface area contributed by atoms with Gasteiger partial charge in [-0.3, -0.25) is 0 Å². The molecule has 4 heteroatoms. The highest BCUT2D eigenvalue weighted by Crippen LogP contribution is 2.38. The van der Waals surface area contributed by atoms with E-state index in [1.54, 1.807) is 12.1 Å². The number of rotatable bonds is 21. The van der Waals surface area contributed by atoms with Crippen molar-refractivity contribution in [3.8, 4) is 11.1 Å². The van der Waals surface area contributed by atoms with Gasteiger partial charge in [-0.15, -0.1) is 0 Å². The summed E-state index contributed by atoms with van der Waals surface area (Å²) in [4.78, 5) is 0. The molecule has 2 aromatic carbocycles. The Balaban J connectivity index is 1.05.